The van der Waals surface area contributed by atoms with Gasteiger partial charge in [0.1, 0.15) is 11.9 Å². The minimum atomic E-state index is -0.899. The minimum absolute atomic E-state index is 0.148. The Labute approximate surface area is 126 Å². The largest absolute Gasteiger partial charge is 0.394 e. The number of nitrogens with one attached hydrogen (secondary N) is 2. The minimum Gasteiger partial charge on any atom is -0.394 e. The van der Waals surface area contributed by atoms with Crippen LogP contribution in [0, 0.1) is 12.7 Å². The number of hydrogen-bond acceptors (Lipinski definition) is 5. The van der Waals surface area contributed by atoms with Crippen LogP contribution in [-0.2, 0) is 0 Å². The molecule has 0 aliphatic heterocycles. The number of aryl methyl sites for hydroxylation is 1. The smallest absolute Gasteiger partial charge is 0.315 e. The van der Waals surface area contributed by atoms with Crippen LogP contribution in [0.5, 0.6) is 0 Å². The highest BCUT2D eigenvalue weighted by molar-refractivity contribution is 5.75. The normalized spacial score (nSPS) is 13.5. The monoisotopic (exact) mass is 308 g/mol. The fraction of sp³-hybridized carbons (Fsp3) is 0.357. The molecule has 1 heterocycles. The van der Waals surface area contributed by atoms with Gasteiger partial charge in [0, 0.05) is 12.5 Å². The number of carbonyl (C=O) groups excluding carboxylic acids is 1. The van der Waals surface area contributed by atoms with Crippen molar-refractivity contribution in [2.75, 3.05) is 6.61 Å². The van der Waals surface area contributed by atoms with Crippen molar-refractivity contribution in [1.29, 1.82) is 0 Å². The second-order valence-corrected chi connectivity index (χ2v) is 4.83. The summed E-state index contributed by atoms with van der Waals surface area (Å²) in [7, 11) is 0. The quantitative estimate of drug-likeness (QED) is 0.772. The number of amides is 2. The number of rotatable bonds is 5. The summed E-state index contributed by atoms with van der Waals surface area (Å²) in [5, 5.41) is 17.8. The van der Waals surface area contributed by atoms with Crippen LogP contribution in [-0.4, -0.2) is 33.9 Å². The van der Waals surface area contributed by atoms with E-state index in [9.17, 15) is 9.18 Å². The maximum Gasteiger partial charge on any atom is 0.315 e. The predicted molar refractivity (Wildman–Crippen MR) is 75.5 cm³/mol. The second-order valence-electron chi connectivity index (χ2n) is 4.83. The van der Waals surface area contributed by atoms with E-state index in [1.165, 1.54) is 12.1 Å². The van der Waals surface area contributed by atoms with Gasteiger partial charge in [0.2, 0.25) is 5.89 Å². The summed E-state index contributed by atoms with van der Waals surface area (Å²) >= 11 is 0. The summed E-state index contributed by atoms with van der Waals surface area (Å²) in [4.78, 5) is 16.0. The van der Waals surface area contributed by atoms with E-state index in [-0.39, 0.29) is 18.0 Å². The van der Waals surface area contributed by atoms with Gasteiger partial charge < -0.3 is 20.3 Å². The molecule has 0 aliphatic carbocycles. The van der Waals surface area contributed by atoms with Crippen molar-refractivity contribution in [2.45, 2.75) is 25.9 Å². The first-order chi connectivity index (χ1) is 10.5. The molecular formula is C14H17FN4O3. The van der Waals surface area contributed by atoms with E-state index in [1.807, 2.05) is 0 Å². The van der Waals surface area contributed by atoms with Gasteiger partial charge in [-0.05, 0) is 13.0 Å². The maximum atomic E-state index is 14.0. The SMILES string of the molecule is Cc1nc(C(NC(=O)N[C@@H](C)CO)c2ccccc2F)no1. The Balaban J connectivity index is 2.27. The maximum absolute atomic E-state index is 14.0. The Kier molecular flexibility index (Phi) is 5.05. The fourth-order valence-electron chi connectivity index (χ4n) is 1.87. The highest BCUT2D eigenvalue weighted by Gasteiger charge is 2.25. The molecule has 1 aromatic heterocycles. The molecule has 2 amide bonds. The number of benzene rings is 1. The van der Waals surface area contributed by atoms with Crippen molar-refractivity contribution in [1.82, 2.24) is 20.8 Å². The zero-order chi connectivity index (χ0) is 16.1. The third kappa shape index (κ3) is 3.79. The molecule has 22 heavy (non-hydrogen) atoms. The molecular weight excluding hydrogens is 291 g/mol. The number of hydrogen-bond donors (Lipinski definition) is 3. The van der Waals surface area contributed by atoms with Crippen molar-refractivity contribution in [3.05, 3.63) is 47.4 Å². The average molecular weight is 308 g/mol. The zero-order valence-corrected chi connectivity index (χ0v) is 12.2. The second kappa shape index (κ2) is 6.99. The lowest BCUT2D eigenvalue weighted by atomic mass is 10.1. The van der Waals surface area contributed by atoms with Crippen LogP contribution in [0.2, 0.25) is 0 Å². The average Bonchev–Trinajstić information content (AvgIpc) is 2.92. The summed E-state index contributed by atoms with van der Waals surface area (Å²) in [5.41, 5.74) is 0.218. The van der Waals surface area contributed by atoms with Crippen LogP contribution < -0.4 is 10.6 Å². The Bertz CT molecular complexity index is 647. The van der Waals surface area contributed by atoms with Gasteiger partial charge in [-0.1, -0.05) is 23.4 Å². The first kappa shape index (κ1) is 15.9. The van der Waals surface area contributed by atoms with Gasteiger partial charge in [-0.2, -0.15) is 4.98 Å². The van der Waals surface area contributed by atoms with E-state index in [0.717, 1.165) is 0 Å². The van der Waals surface area contributed by atoms with Crippen LogP contribution in [0.4, 0.5) is 9.18 Å². The Hall–Kier alpha value is -2.48. The van der Waals surface area contributed by atoms with Gasteiger partial charge in [0.05, 0.1) is 12.6 Å². The number of aliphatic hydroxyl groups excluding tert-OH is 1. The number of aliphatic hydroxyl groups is 1. The summed E-state index contributed by atoms with van der Waals surface area (Å²) in [6.07, 6.45) is 0. The molecule has 0 fully saturated rings. The Morgan fingerprint density at radius 1 is 1.41 bits per heavy atom. The van der Waals surface area contributed by atoms with Gasteiger partial charge in [-0.3, -0.25) is 0 Å². The van der Waals surface area contributed by atoms with Crippen LogP contribution in [0.25, 0.3) is 0 Å². The van der Waals surface area contributed by atoms with Crippen molar-refractivity contribution in [3.63, 3.8) is 0 Å². The molecule has 2 aromatic rings. The molecule has 1 aromatic carbocycles. The third-order valence-electron chi connectivity index (χ3n) is 2.94. The number of nitrogens with zero attached hydrogens (tertiary/aromatic N) is 2. The molecule has 0 saturated heterocycles. The Morgan fingerprint density at radius 2 is 2.14 bits per heavy atom. The molecule has 0 bridgehead atoms. The summed E-state index contributed by atoms with van der Waals surface area (Å²) in [6, 6.07) is 4.10. The molecule has 0 spiro atoms. The van der Waals surface area contributed by atoms with Crippen LogP contribution >= 0.6 is 0 Å². The van der Waals surface area contributed by atoms with Crippen molar-refractivity contribution < 1.29 is 18.8 Å². The van der Waals surface area contributed by atoms with Gasteiger partial charge in [0.25, 0.3) is 0 Å². The van der Waals surface area contributed by atoms with Gasteiger partial charge in [0.15, 0.2) is 5.82 Å². The van der Waals surface area contributed by atoms with E-state index in [0.29, 0.717) is 5.89 Å². The first-order valence-corrected chi connectivity index (χ1v) is 6.73. The van der Waals surface area contributed by atoms with Gasteiger partial charge in [-0.15, -0.1) is 0 Å². The molecule has 3 N–H and O–H groups in total. The van der Waals surface area contributed by atoms with E-state index in [1.54, 1.807) is 26.0 Å². The van der Waals surface area contributed by atoms with Crippen LogP contribution in [0.3, 0.4) is 0 Å². The van der Waals surface area contributed by atoms with E-state index in [2.05, 4.69) is 20.8 Å². The molecule has 8 heteroatoms. The highest BCUT2D eigenvalue weighted by atomic mass is 19.1. The van der Waals surface area contributed by atoms with Crippen LogP contribution in [0.15, 0.2) is 28.8 Å². The number of urea groups is 1. The lowest BCUT2D eigenvalue weighted by molar-refractivity contribution is 0.218. The molecule has 2 atom stereocenters. The highest BCUT2D eigenvalue weighted by Crippen LogP contribution is 2.22. The van der Waals surface area contributed by atoms with Gasteiger partial charge in [-0.25, -0.2) is 9.18 Å². The first-order valence-electron chi connectivity index (χ1n) is 6.73. The van der Waals surface area contributed by atoms with Crippen molar-refractivity contribution in [2.24, 2.45) is 0 Å². The lowest BCUT2D eigenvalue weighted by Crippen LogP contribution is -2.44. The zero-order valence-electron chi connectivity index (χ0n) is 12.2. The molecule has 1 unspecified atom stereocenters. The number of halogens is 1. The molecule has 0 radical (unpaired) electrons. The van der Waals surface area contributed by atoms with Crippen molar-refractivity contribution >= 4 is 6.03 Å². The Morgan fingerprint density at radius 3 is 2.73 bits per heavy atom. The van der Waals surface area contributed by atoms with E-state index < -0.39 is 23.9 Å². The summed E-state index contributed by atoms with van der Waals surface area (Å²) < 4.78 is 18.9. The molecule has 0 aliphatic rings. The third-order valence-corrected chi connectivity index (χ3v) is 2.94. The molecule has 118 valence electrons. The number of aromatic nitrogens is 2. The van der Waals surface area contributed by atoms with E-state index >= 15 is 0 Å². The number of carbonyl (C=O) groups is 1. The summed E-state index contributed by atoms with van der Waals surface area (Å²) in [5.74, 6) is -0.0397. The van der Waals surface area contributed by atoms with Crippen molar-refractivity contribution in [3.8, 4) is 0 Å². The van der Waals surface area contributed by atoms with Gasteiger partial charge >= 0.3 is 6.03 Å². The summed E-state index contributed by atoms with van der Waals surface area (Å²) in [6.45, 7) is 3.03. The van der Waals surface area contributed by atoms with E-state index in [4.69, 9.17) is 9.63 Å². The molecule has 7 nitrogen and oxygen atoms in total. The standard InChI is InChI=1S/C14H17FN4O3/c1-8(7-20)16-14(21)18-12(13-17-9(2)22-19-13)10-5-3-4-6-11(10)15/h3-6,8,12,20H,7H2,1-2H3,(H2,16,18,21)/t8-,12?/m0/s1. The predicted octanol–water partition coefficient (Wildman–Crippen LogP) is 1.29. The molecule has 0 saturated carbocycles. The lowest BCUT2D eigenvalue weighted by Gasteiger charge is -2.18. The fourth-order valence-corrected chi connectivity index (χ4v) is 1.87. The molecule has 2 rings (SSSR count). The topological polar surface area (TPSA) is 100 Å². The van der Waals surface area contributed by atoms with Crippen LogP contribution in [0.1, 0.15) is 30.2 Å².